The molecule has 0 aliphatic rings. The fraction of sp³-hybridized carbons (Fsp3) is 0.538. The van der Waals surface area contributed by atoms with Gasteiger partial charge in [0.2, 0.25) is 0 Å². The van der Waals surface area contributed by atoms with Crippen LogP contribution >= 0.6 is 0 Å². The second-order valence-corrected chi connectivity index (χ2v) is 4.50. The minimum Gasteiger partial charge on any atom is -0.452 e. The first-order valence-corrected chi connectivity index (χ1v) is 5.94. The van der Waals surface area contributed by atoms with Crippen molar-refractivity contribution in [2.75, 3.05) is 13.7 Å². The van der Waals surface area contributed by atoms with Crippen molar-refractivity contribution in [1.82, 2.24) is 9.88 Å². The largest absolute Gasteiger partial charge is 0.452 e. The predicted octanol–water partition coefficient (Wildman–Crippen LogP) is 1.59. The van der Waals surface area contributed by atoms with Gasteiger partial charge in [0.15, 0.2) is 6.61 Å². The minimum atomic E-state index is -0.460. The monoisotopic (exact) mass is 252 g/mol. The van der Waals surface area contributed by atoms with Crippen LogP contribution in [0.5, 0.6) is 0 Å². The van der Waals surface area contributed by atoms with Crippen molar-refractivity contribution in [2.24, 2.45) is 0 Å². The van der Waals surface area contributed by atoms with E-state index in [0.717, 1.165) is 11.4 Å². The van der Waals surface area contributed by atoms with Gasteiger partial charge in [-0.15, -0.1) is 0 Å². The number of aryl methyl sites for hydroxylation is 1. The van der Waals surface area contributed by atoms with Crippen LogP contribution in [0.25, 0.3) is 0 Å². The third kappa shape index (κ3) is 2.91. The van der Waals surface area contributed by atoms with E-state index in [2.05, 4.69) is 23.7 Å². The molecule has 1 aromatic rings. The van der Waals surface area contributed by atoms with Crippen LogP contribution in [-0.4, -0.2) is 30.1 Å². The van der Waals surface area contributed by atoms with Gasteiger partial charge in [-0.25, -0.2) is 4.79 Å². The van der Waals surface area contributed by atoms with Crippen molar-refractivity contribution >= 4 is 11.9 Å². The summed E-state index contributed by atoms with van der Waals surface area (Å²) in [6.07, 6.45) is 0. The number of ether oxygens (including phenoxy) is 1. The SMILES string of the molecule is CNC(=O)COC(=O)c1cc(C)n(C(C)C)c1C. The molecule has 0 bridgehead atoms. The molecule has 1 rings (SSSR count). The Morgan fingerprint density at radius 3 is 2.44 bits per heavy atom. The van der Waals surface area contributed by atoms with Crippen LogP contribution in [0.1, 0.15) is 41.6 Å². The first kappa shape index (κ1) is 14.3. The number of carbonyl (C=O) groups excluding carboxylic acids is 2. The molecule has 18 heavy (non-hydrogen) atoms. The molecule has 0 spiro atoms. The van der Waals surface area contributed by atoms with E-state index in [-0.39, 0.29) is 18.6 Å². The van der Waals surface area contributed by atoms with Gasteiger partial charge in [-0.2, -0.15) is 0 Å². The molecule has 0 fully saturated rings. The smallest absolute Gasteiger partial charge is 0.340 e. The fourth-order valence-corrected chi connectivity index (χ4v) is 2.06. The van der Waals surface area contributed by atoms with Crippen molar-refractivity contribution in [2.45, 2.75) is 33.7 Å². The standard InChI is InChI=1S/C13H20N2O3/c1-8(2)15-9(3)6-11(10(15)4)13(17)18-7-12(16)14-5/h6,8H,7H2,1-5H3,(H,14,16). The molecule has 0 saturated carbocycles. The zero-order chi connectivity index (χ0) is 13.9. The van der Waals surface area contributed by atoms with Crippen LogP contribution in [0.15, 0.2) is 6.07 Å². The number of nitrogens with zero attached hydrogens (tertiary/aromatic N) is 1. The molecule has 0 aliphatic carbocycles. The second-order valence-electron chi connectivity index (χ2n) is 4.50. The average molecular weight is 252 g/mol. The zero-order valence-corrected chi connectivity index (χ0v) is 11.5. The fourth-order valence-electron chi connectivity index (χ4n) is 2.06. The summed E-state index contributed by atoms with van der Waals surface area (Å²) in [5.41, 5.74) is 2.39. The molecule has 0 aromatic carbocycles. The van der Waals surface area contributed by atoms with Gasteiger partial charge in [0.05, 0.1) is 5.56 Å². The zero-order valence-electron chi connectivity index (χ0n) is 11.5. The first-order chi connectivity index (χ1) is 8.38. The summed E-state index contributed by atoms with van der Waals surface area (Å²) in [6, 6.07) is 2.08. The van der Waals surface area contributed by atoms with Gasteiger partial charge in [0.25, 0.3) is 5.91 Å². The van der Waals surface area contributed by atoms with Crippen molar-refractivity contribution in [3.8, 4) is 0 Å². The lowest BCUT2D eigenvalue weighted by Crippen LogP contribution is -2.25. The summed E-state index contributed by atoms with van der Waals surface area (Å²) in [5.74, 6) is -0.778. The molecule has 1 aromatic heterocycles. The Balaban J connectivity index is 2.87. The Morgan fingerprint density at radius 2 is 2.00 bits per heavy atom. The van der Waals surface area contributed by atoms with Crippen LogP contribution in [-0.2, 0) is 9.53 Å². The molecule has 0 aliphatic heterocycles. The van der Waals surface area contributed by atoms with Crippen LogP contribution in [0.4, 0.5) is 0 Å². The highest BCUT2D eigenvalue weighted by Gasteiger charge is 2.18. The van der Waals surface area contributed by atoms with E-state index in [1.54, 1.807) is 6.07 Å². The lowest BCUT2D eigenvalue weighted by atomic mass is 10.2. The Bertz CT molecular complexity index is 461. The second kappa shape index (κ2) is 5.71. The van der Waals surface area contributed by atoms with E-state index < -0.39 is 5.97 Å². The lowest BCUT2D eigenvalue weighted by molar-refractivity contribution is -0.123. The molecular weight excluding hydrogens is 232 g/mol. The number of aromatic nitrogens is 1. The van der Waals surface area contributed by atoms with Crippen LogP contribution < -0.4 is 5.32 Å². The molecule has 100 valence electrons. The number of amides is 1. The summed E-state index contributed by atoms with van der Waals surface area (Å²) in [5, 5.41) is 2.40. The number of hydrogen-bond donors (Lipinski definition) is 1. The van der Waals surface area contributed by atoms with Crippen molar-refractivity contribution in [3.63, 3.8) is 0 Å². The van der Waals surface area contributed by atoms with Gasteiger partial charge in [-0.3, -0.25) is 4.79 Å². The van der Waals surface area contributed by atoms with Crippen molar-refractivity contribution < 1.29 is 14.3 Å². The third-order valence-corrected chi connectivity index (χ3v) is 2.83. The summed E-state index contributed by atoms with van der Waals surface area (Å²) in [4.78, 5) is 22.9. The maximum absolute atomic E-state index is 11.9. The Kier molecular flexibility index (Phi) is 4.53. The number of esters is 1. The van der Waals surface area contributed by atoms with Gasteiger partial charge >= 0.3 is 5.97 Å². The highest BCUT2D eigenvalue weighted by molar-refractivity contribution is 5.92. The number of nitrogens with one attached hydrogen (secondary N) is 1. The van der Waals surface area contributed by atoms with Crippen LogP contribution in [0.3, 0.4) is 0 Å². The lowest BCUT2D eigenvalue weighted by Gasteiger charge is -2.13. The van der Waals surface area contributed by atoms with Crippen molar-refractivity contribution in [1.29, 1.82) is 0 Å². The maximum atomic E-state index is 11.9. The van der Waals surface area contributed by atoms with E-state index in [0.29, 0.717) is 5.56 Å². The average Bonchev–Trinajstić information content (AvgIpc) is 2.61. The first-order valence-electron chi connectivity index (χ1n) is 5.94. The molecule has 5 heteroatoms. The van der Waals surface area contributed by atoms with Gasteiger partial charge in [-0.05, 0) is 33.8 Å². The van der Waals surface area contributed by atoms with Gasteiger partial charge < -0.3 is 14.6 Å². The predicted molar refractivity (Wildman–Crippen MR) is 68.6 cm³/mol. The number of rotatable bonds is 4. The van der Waals surface area contributed by atoms with Crippen molar-refractivity contribution in [3.05, 3.63) is 23.0 Å². The molecule has 1 N–H and O–H groups in total. The maximum Gasteiger partial charge on any atom is 0.340 e. The Hall–Kier alpha value is -1.78. The Labute approximate surface area is 107 Å². The number of likely N-dealkylation sites (N-methyl/N-ethyl adjacent to an activating group) is 1. The van der Waals surface area contributed by atoms with E-state index in [9.17, 15) is 9.59 Å². The molecule has 5 nitrogen and oxygen atoms in total. The highest BCUT2D eigenvalue weighted by Crippen LogP contribution is 2.20. The van der Waals surface area contributed by atoms with Crippen LogP contribution in [0.2, 0.25) is 0 Å². The molecule has 0 unspecified atom stereocenters. The topological polar surface area (TPSA) is 60.3 Å². The number of hydrogen-bond acceptors (Lipinski definition) is 3. The van der Waals surface area contributed by atoms with Gasteiger partial charge in [0, 0.05) is 24.5 Å². The Morgan fingerprint density at radius 1 is 1.39 bits per heavy atom. The normalized spacial score (nSPS) is 10.6. The summed E-state index contributed by atoms with van der Waals surface area (Å²) in [6.45, 7) is 7.69. The van der Waals surface area contributed by atoms with Crippen LogP contribution in [0, 0.1) is 13.8 Å². The van der Waals surface area contributed by atoms with Gasteiger partial charge in [0.1, 0.15) is 0 Å². The minimum absolute atomic E-state index is 0.249. The van der Waals surface area contributed by atoms with E-state index >= 15 is 0 Å². The summed E-state index contributed by atoms with van der Waals surface area (Å²) >= 11 is 0. The van der Waals surface area contributed by atoms with E-state index in [4.69, 9.17) is 4.74 Å². The molecule has 0 radical (unpaired) electrons. The third-order valence-electron chi connectivity index (χ3n) is 2.83. The molecule has 1 heterocycles. The highest BCUT2D eigenvalue weighted by atomic mass is 16.5. The number of carbonyl (C=O) groups is 2. The summed E-state index contributed by atoms with van der Waals surface area (Å²) < 4.78 is 7.01. The summed E-state index contributed by atoms with van der Waals surface area (Å²) in [7, 11) is 1.50. The molecule has 1 amide bonds. The molecular formula is C13H20N2O3. The van der Waals surface area contributed by atoms with E-state index in [1.807, 2.05) is 13.8 Å². The van der Waals surface area contributed by atoms with E-state index in [1.165, 1.54) is 7.05 Å². The molecule has 0 saturated heterocycles. The quantitative estimate of drug-likeness (QED) is 0.828. The van der Waals surface area contributed by atoms with Gasteiger partial charge in [-0.1, -0.05) is 0 Å². The molecule has 0 atom stereocenters.